The van der Waals surface area contributed by atoms with Crippen LogP contribution in [-0.4, -0.2) is 53.4 Å². The first-order valence-electron chi connectivity index (χ1n) is 7.53. The zero-order valence-electron chi connectivity index (χ0n) is 13.3. The summed E-state index contributed by atoms with van der Waals surface area (Å²) in [6, 6.07) is 7.53. The van der Waals surface area contributed by atoms with Crippen molar-refractivity contribution >= 4 is 27.6 Å². The summed E-state index contributed by atoms with van der Waals surface area (Å²) in [5.74, 6) is -3.04. The second kappa shape index (κ2) is 5.99. The first-order chi connectivity index (χ1) is 11.7. The van der Waals surface area contributed by atoms with Crippen LogP contribution in [0.2, 0.25) is 0 Å². The van der Waals surface area contributed by atoms with Crippen LogP contribution in [0.1, 0.15) is 12.5 Å². The molecular weight excluding hydrogens is 348 g/mol. The molecule has 0 radical (unpaired) electrons. The Bertz CT molecular complexity index is 890. The molecule has 0 aromatic heterocycles. The molecule has 132 valence electrons. The van der Waals surface area contributed by atoms with Crippen molar-refractivity contribution in [3.05, 3.63) is 47.2 Å². The van der Waals surface area contributed by atoms with Gasteiger partial charge in [-0.05, 0) is 18.1 Å². The largest absolute Gasteiger partial charge is 0.477 e. The monoisotopic (exact) mass is 364 g/mol. The first-order valence-corrected chi connectivity index (χ1v) is 9.25. The summed E-state index contributed by atoms with van der Waals surface area (Å²) >= 11 is 0. The van der Waals surface area contributed by atoms with Crippen molar-refractivity contribution in [3.63, 3.8) is 0 Å². The maximum atomic E-state index is 12.3. The molecule has 0 bridgehead atoms. The Morgan fingerprint density at radius 3 is 2.52 bits per heavy atom. The third-order valence-electron chi connectivity index (χ3n) is 4.20. The third-order valence-corrected chi connectivity index (χ3v) is 6.25. The van der Waals surface area contributed by atoms with Crippen molar-refractivity contribution < 1.29 is 27.9 Å². The van der Waals surface area contributed by atoms with E-state index >= 15 is 0 Å². The highest BCUT2D eigenvalue weighted by Crippen LogP contribution is 2.36. The minimum Gasteiger partial charge on any atom is -0.477 e. The van der Waals surface area contributed by atoms with Gasteiger partial charge in [0.1, 0.15) is 11.7 Å². The number of sulfone groups is 1. The minimum absolute atomic E-state index is 0.00194. The van der Waals surface area contributed by atoms with Crippen LogP contribution in [0.3, 0.4) is 0 Å². The van der Waals surface area contributed by atoms with Crippen molar-refractivity contribution in [2.45, 2.75) is 24.8 Å². The molecule has 1 aromatic rings. The van der Waals surface area contributed by atoms with Crippen LogP contribution in [0.4, 0.5) is 0 Å². The lowest BCUT2D eigenvalue weighted by Crippen LogP contribution is -2.74. The van der Waals surface area contributed by atoms with Crippen molar-refractivity contribution in [3.8, 4) is 0 Å². The van der Waals surface area contributed by atoms with Gasteiger partial charge in [-0.15, -0.1) is 0 Å². The molecule has 9 heteroatoms. The van der Waals surface area contributed by atoms with E-state index in [1.807, 2.05) is 0 Å². The number of β-lactam (4-membered cyclic amide) rings is 1. The number of rotatable bonds is 4. The Labute approximate surface area is 144 Å². The molecule has 2 aliphatic heterocycles. The zero-order chi connectivity index (χ0) is 18.4. The fraction of sp³-hybridized carbons (Fsp3) is 0.312. The number of aliphatic carboxylic acids is 1. The predicted molar refractivity (Wildman–Crippen MR) is 86.8 cm³/mol. The number of amides is 2. The third kappa shape index (κ3) is 2.91. The number of fused-ring (bicyclic) bond motifs is 1. The predicted octanol–water partition coefficient (Wildman–Crippen LogP) is -0.331. The van der Waals surface area contributed by atoms with Crippen LogP contribution < -0.4 is 5.32 Å². The molecule has 0 spiro atoms. The van der Waals surface area contributed by atoms with E-state index < -0.39 is 44.8 Å². The van der Waals surface area contributed by atoms with Gasteiger partial charge in [-0.2, -0.15) is 0 Å². The molecule has 25 heavy (non-hydrogen) atoms. The number of carbonyl (C=O) groups is 3. The molecule has 3 rings (SSSR count). The van der Waals surface area contributed by atoms with Gasteiger partial charge in [0, 0.05) is 0 Å². The smallest absolute Gasteiger partial charge is 0.352 e. The SMILES string of the molecule is CC1=C(C(=O)O)N2C(=O)[C@@H](NC(=O)Cc3ccccc3)[C@H]2S(=O)(=O)C1. The molecule has 0 aliphatic carbocycles. The Balaban J connectivity index is 1.81. The maximum Gasteiger partial charge on any atom is 0.352 e. The summed E-state index contributed by atoms with van der Waals surface area (Å²) in [5.41, 5.74) is 0.502. The fourth-order valence-corrected chi connectivity index (χ4v) is 5.20. The van der Waals surface area contributed by atoms with E-state index in [0.29, 0.717) is 0 Å². The Kier molecular flexibility index (Phi) is 4.11. The second-order valence-electron chi connectivity index (χ2n) is 6.05. The van der Waals surface area contributed by atoms with Crippen LogP contribution >= 0.6 is 0 Å². The van der Waals surface area contributed by atoms with Gasteiger partial charge in [-0.25, -0.2) is 13.2 Å². The highest BCUT2D eigenvalue weighted by molar-refractivity contribution is 7.92. The van der Waals surface area contributed by atoms with Gasteiger partial charge >= 0.3 is 5.97 Å². The maximum absolute atomic E-state index is 12.3. The number of carboxylic acid groups (broad SMARTS) is 1. The summed E-state index contributed by atoms with van der Waals surface area (Å²) < 4.78 is 24.7. The van der Waals surface area contributed by atoms with Gasteiger partial charge in [0.2, 0.25) is 5.91 Å². The van der Waals surface area contributed by atoms with Gasteiger partial charge in [-0.3, -0.25) is 14.5 Å². The summed E-state index contributed by atoms with van der Waals surface area (Å²) in [5, 5.41) is 10.3. The van der Waals surface area contributed by atoms with Crippen LogP contribution in [0.5, 0.6) is 0 Å². The van der Waals surface area contributed by atoms with Crippen LogP contribution in [0, 0.1) is 0 Å². The van der Waals surface area contributed by atoms with E-state index in [1.54, 1.807) is 30.3 Å². The fourth-order valence-electron chi connectivity index (χ4n) is 3.16. The van der Waals surface area contributed by atoms with Crippen molar-refractivity contribution in [1.29, 1.82) is 0 Å². The van der Waals surface area contributed by atoms with E-state index in [4.69, 9.17) is 0 Å². The molecular formula is C16H16N2O6S. The lowest BCUT2D eigenvalue weighted by atomic mass is 10.0. The standard InChI is InChI=1S/C16H16N2O6S/c1-9-8-25(23,24)15-12(14(20)18(15)13(9)16(21)22)17-11(19)7-10-5-3-2-4-6-10/h2-6,12,15H,7-8H2,1H3,(H,17,19)(H,21,22)/t12-,15-/m1/s1. The van der Waals surface area contributed by atoms with Crippen molar-refractivity contribution in [2.75, 3.05) is 5.75 Å². The lowest BCUT2D eigenvalue weighted by Gasteiger charge is -2.48. The zero-order valence-corrected chi connectivity index (χ0v) is 14.1. The number of benzene rings is 1. The topological polar surface area (TPSA) is 121 Å². The van der Waals surface area contributed by atoms with Gasteiger partial charge < -0.3 is 10.4 Å². The van der Waals surface area contributed by atoms with E-state index in [-0.39, 0.29) is 17.7 Å². The van der Waals surface area contributed by atoms with Crippen LogP contribution in [0.25, 0.3) is 0 Å². The second-order valence-corrected chi connectivity index (χ2v) is 8.15. The Morgan fingerprint density at radius 2 is 1.92 bits per heavy atom. The lowest BCUT2D eigenvalue weighted by molar-refractivity contribution is -0.151. The molecule has 0 unspecified atom stereocenters. The Hall–Kier alpha value is -2.68. The van der Waals surface area contributed by atoms with E-state index in [0.717, 1.165) is 10.5 Å². The first kappa shape index (κ1) is 17.2. The summed E-state index contributed by atoms with van der Waals surface area (Å²) in [6.07, 6.45) is -0.00194. The molecule has 1 aromatic carbocycles. The highest BCUT2D eigenvalue weighted by Gasteiger charge is 2.60. The molecule has 1 fully saturated rings. The van der Waals surface area contributed by atoms with E-state index in [2.05, 4.69) is 5.32 Å². The molecule has 8 nitrogen and oxygen atoms in total. The van der Waals surface area contributed by atoms with Crippen molar-refractivity contribution in [1.82, 2.24) is 10.2 Å². The highest BCUT2D eigenvalue weighted by atomic mass is 32.2. The number of nitrogens with one attached hydrogen (secondary N) is 1. The molecule has 2 atom stereocenters. The molecule has 2 amide bonds. The molecule has 2 aliphatic rings. The van der Waals surface area contributed by atoms with Crippen LogP contribution in [0.15, 0.2) is 41.6 Å². The molecule has 0 saturated carbocycles. The number of carbonyl (C=O) groups excluding carboxylic acids is 2. The Morgan fingerprint density at radius 1 is 1.28 bits per heavy atom. The van der Waals surface area contributed by atoms with Gasteiger partial charge in [0.15, 0.2) is 15.2 Å². The number of nitrogens with zero attached hydrogens (tertiary/aromatic N) is 1. The van der Waals surface area contributed by atoms with E-state index in [9.17, 15) is 27.9 Å². The summed E-state index contributed by atoms with van der Waals surface area (Å²) in [7, 11) is -3.77. The minimum atomic E-state index is -3.77. The van der Waals surface area contributed by atoms with E-state index in [1.165, 1.54) is 6.92 Å². The van der Waals surface area contributed by atoms with Gasteiger partial charge in [0.05, 0.1) is 12.2 Å². The van der Waals surface area contributed by atoms with Crippen LogP contribution in [-0.2, 0) is 30.6 Å². The van der Waals surface area contributed by atoms with Gasteiger partial charge in [0.25, 0.3) is 5.91 Å². The average Bonchev–Trinajstić information content (AvgIpc) is 2.52. The molecule has 2 heterocycles. The van der Waals surface area contributed by atoms with Crippen molar-refractivity contribution in [2.24, 2.45) is 0 Å². The van der Waals surface area contributed by atoms with Gasteiger partial charge in [-0.1, -0.05) is 30.3 Å². The quantitative estimate of drug-likeness (QED) is 0.706. The number of carboxylic acids is 1. The normalized spacial score (nSPS) is 24.4. The number of hydrogen-bond acceptors (Lipinski definition) is 5. The summed E-state index contributed by atoms with van der Waals surface area (Å²) in [6.45, 7) is 1.37. The summed E-state index contributed by atoms with van der Waals surface area (Å²) in [4.78, 5) is 36.5. The molecule has 2 N–H and O–H groups in total. The molecule has 1 saturated heterocycles. The number of hydrogen-bond donors (Lipinski definition) is 2. The average molecular weight is 364 g/mol.